The van der Waals surface area contributed by atoms with Crippen LogP contribution in [0.3, 0.4) is 0 Å². The highest BCUT2D eigenvalue weighted by Crippen LogP contribution is 2.41. The molecule has 0 radical (unpaired) electrons. The smallest absolute Gasteiger partial charge is 0.271 e. The van der Waals surface area contributed by atoms with Gasteiger partial charge >= 0.3 is 0 Å². The third kappa shape index (κ3) is 3.88. The predicted molar refractivity (Wildman–Crippen MR) is 140 cm³/mol. The van der Waals surface area contributed by atoms with Crippen molar-refractivity contribution in [1.82, 2.24) is 4.57 Å². The lowest BCUT2D eigenvalue weighted by atomic mass is 9.83. The van der Waals surface area contributed by atoms with Gasteiger partial charge in [-0.25, -0.2) is 9.38 Å². The predicted octanol–water partition coefficient (Wildman–Crippen LogP) is 4.47. The third-order valence-electron chi connectivity index (χ3n) is 6.54. The zero-order valence-corrected chi connectivity index (χ0v) is 20.1. The molecule has 0 amide bonds. The highest BCUT2D eigenvalue weighted by atomic mass is 32.1. The molecule has 0 bridgehead atoms. The first-order valence-electron chi connectivity index (χ1n) is 11.7. The van der Waals surface area contributed by atoms with Crippen molar-refractivity contribution in [2.24, 2.45) is 4.99 Å². The summed E-state index contributed by atoms with van der Waals surface area (Å²) in [7, 11) is 0. The van der Waals surface area contributed by atoms with Gasteiger partial charge in [-0.1, -0.05) is 65.8 Å². The minimum Gasteiger partial charge on any atom is -0.481 e. The van der Waals surface area contributed by atoms with Crippen LogP contribution in [0, 0.1) is 18.2 Å². The van der Waals surface area contributed by atoms with Gasteiger partial charge in [-0.2, -0.15) is 0 Å². The van der Waals surface area contributed by atoms with Crippen LogP contribution in [0.2, 0.25) is 0 Å². The van der Waals surface area contributed by atoms with Gasteiger partial charge in [0.25, 0.3) is 5.56 Å². The van der Waals surface area contributed by atoms with Crippen LogP contribution in [0.15, 0.2) is 88.2 Å². The van der Waals surface area contributed by atoms with E-state index in [1.807, 2.05) is 48.5 Å². The van der Waals surface area contributed by atoms with E-state index >= 15 is 0 Å². The van der Waals surface area contributed by atoms with Crippen molar-refractivity contribution in [3.05, 3.63) is 126 Å². The summed E-state index contributed by atoms with van der Waals surface area (Å²) in [4.78, 5) is 19.3. The van der Waals surface area contributed by atoms with Gasteiger partial charge < -0.3 is 4.74 Å². The van der Waals surface area contributed by atoms with Crippen LogP contribution < -0.4 is 19.6 Å². The Morgan fingerprint density at radius 1 is 1.11 bits per heavy atom. The standard InChI is InChI=1S/C30H21FN2O2S/c1-2-16-35-23-13-10-19(11-14-23)17-26-29(34)33-28(21-7-5-8-22(31)18-21)25-15-12-20-6-3-4-9-24(20)27(25)32-30(33)36-26/h1,3-11,13-14,17-18,28H,12,15-16H2/t28-/m1/s1. The number of nitrogens with zero attached hydrogens (tertiary/aromatic N) is 2. The van der Waals surface area contributed by atoms with Crippen LogP contribution in [0.4, 0.5) is 4.39 Å². The van der Waals surface area contributed by atoms with Crippen LogP contribution in [0.25, 0.3) is 11.8 Å². The summed E-state index contributed by atoms with van der Waals surface area (Å²) >= 11 is 1.35. The Bertz CT molecular complexity index is 1740. The number of terminal acetylenes is 1. The SMILES string of the molecule is C#CCOc1ccc(C=c2sc3n(c2=O)[C@H](c2cccc(F)c2)C2=C(N=3)c3ccccc3CC2)cc1. The number of thiazole rings is 1. The van der Waals surface area contributed by atoms with Crippen molar-refractivity contribution < 1.29 is 9.13 Å². The van der Waals surface area contributed by atoms with E-state index in [9.17, 15) is 9.18 Å². The van der Waals surface area contributed by atoms with Gasteiger partial charge in [0.2, 0.25) is 0 Å². The van der Waals surface area contributed by atoms with Crippen molar-refractivity contribution in [3.63, 3.8) is 0 Å². The Hall–Kier alpha value is -4.21. The van der Waals surface area contributed by atoms with Crippen molar-refractivity contribution in [3.8, 4) is 18.1 Å². The molecule has 36 heavy (non-hydrogen) atoms. The van der Waals surface area contributed by atoms with E-state index in [0.717, 1.165) is 40.8 Å². The van der Waals surface area contributed by atoms with E-state index in [1.165, 1.54) is 29.0 Å². The number of allylic oxidation sites excluding steroid dienone is 1. The van der Waals surface area contributed by atoms with Crippen LogP contribution in [0.1, 0.15) is 34.7 Å². The molecule has 2 aliphatic rings. The number of rotatable bonds is 4. The average Bonchev–Trinajstić information content (AvgIpc) is 3.21. The number of halogens is 1. The van der Waals surface area contributed by atoms with Gasteiger partial charge in [-0.05, 0) is 65.4 Å². The molecule has 0 saturated heterocycles. The number of fused-ring (bicyclic) bond motifs is 3. The Morgan fingerprint density at radius 3 is 2.75 bits per heavy atom. The van der Waals surface area contributed by atoms with Gasteiger partial charge in [0.15, 0.2) is 4.80 Å². The summed E-state index contributed by atoms with van der Waals surface area (Å²) < 4.78 is 22.0. The van der Waals surface area contributed by atoms with Crippen LogP contribution in [-0.2, 0) is 6.42 Å². The average molecular weight is 493 g/mol. The maximum atomic E-state index is 14.3. The molecule has 3 aromatic carbocycles. The number of hydrogen-bond acceptors (Lipinski definition) is 4. The molecule has 6 heteroatoms. The molecule has 4 nitrogen and oxygen atoms in total. The Kier molecular flexibility index (Phi) is 5.63. The third-order valence-corrected chi connectivity index (χ3v) is 7.52. The molecule has 0 fully saturated rings. The molecule has 0 saturated carbocycles. The van der Waals surface area contributed by atoms with E-state index in [-0.39, 0.29) is 18.0 Å². The van der Waals surface area contributed by atoms with Crippen molar-refractivity contribution in [2.45, 2.75) is 18.9 Å². The first-order valence-corrected chi connectivity index (χ1v) is 12.5. The fraction of sp³-hybridized carbons (Fsp3) is 0.133. The van der Waals surface area contributed by atoms with Crippen LogP contribution in [-0.4, -0.2) is 11.2 Å². The largest absolute Gasteiger partial charge is 0.481 e. The fourth-order valence-corrected chi connectivity index (χ4v) is 5.94. The van der Waals surface area contributed by atoms with Crippen molar-refractivity contribution >= 4 is 23.1 Å². The highest BCUT2D eigenvalue weighted by molar-refractivity contribution is 7.07. The molecular weight excluding hydrogens is 471 g/mol. The second-order valence-corrected chi connectivity index (χ2v) is 9.74. The summed E-state index contributed by atoms with van der Waals surface area (Å²) in [5.41, 5.74) is 5.75. The quantitative estimate of drug-likeness (QED) is 0.395. The number of ether oxygens (including phenoxy) is 1. The molecule has 4 aromatic rings. The first-order chi connectivity index (χ1) is 17.6. The zero-order chi connectivity index (χ0) is 24.6. The number of aryl methyl sites for hydroxylation is 1. The van der Waals surface area contributed by atoms with Gasteiger partial charge in [0, 0.05) is 5.56 Å². The van der Waals surface area contributed by atoms with Gasteiger partial charge in [0.05, 0.1) is 16.3 Å². The molecule has 1 aromatic heterocycles. The topological polar surface area (TPSA) is 43.6 Å². The molecule has 6 rings (SSSR count). The van der Waals surface area contributed by atoms with Gasteiger partial charge in [0.1, 0.15) is 18.2 Å². The molecule has 0 spiro atoms. The molecular formula is C30H21FN2O2S. The van der Waals surface area contributed by atoms with E-state index in [2.05, 4.69) is 18.1 Å². The lowest BCUT2D eigenvalue weighted by Gasteiger charge is -2.30. The van der Waals surface area contributed by atoms with Crippen LogP contribution >= 0.6 is 11.3 Å². The summed E-state index contributed by atoms with van der Waals surface area (Å²) in [5, 5.41) is 0. The maximum Gasteiger partial charge on any atom is 0.271 e. The molecule has 1 aliphatic carbocycles. The van der Waals surface area contributed by atoms with Crippen molar-refractivity contribution in [1.29, 1.82) is 0 Å². The summed E-state index contributed by atoms with van der Waals surface area (Å²) in [6, 6.07) is 21.8. The highest BCUT2D eigenvalue weighted by Gasteiger charge is 2.32. The van der Waals surface area contributed by atoms with E-state index in [0.29, 0.717) is 15.1 Å². The van der Waals surface area contributed by atoms with Gasteiger partial charge in [-0.3, -0.25) is 9.36 Å². The molecule has 0 N–H and O–H groups in total. The second kappa shape index (κ2) is 9.10. The lowest BCUT2D eigenvalue weighted by Crippen LogP contribution is -2.38. The number of aromatic nitrogens is 1. The molecule has 1 atom stereocenters. The summed E-state index contributed by atoms with van der Waals surface area (Å²) in [6.07, 6.45) is 8.73. The summed E-state index contributed by atoms with van der Waals surface area (Å²) in [5.74, 6) is 2.79. The van der Waals surface area contributed by atoms with Crippen LogP contribution in [0.5, 0.6) is 5.75 Å². The lowest BCUT2D eigenvalue weighted by molar-refractivity contribution is 0.370. The minimum absolute atomic E-state index is 0.133. The molecule has 0 unspecified atom stereocenters. The summed E-state index contributed by atoms with van der Waals surface area (Å²) in [6.45, 7) is 0.200. The molecule has 1 aliphatic heterocycles. The Balaban J connectivity index is 1.53. The second-order valence-electron chi connectivity index (χ2n) is 8.73. The number of benzene rings is 3. The first kappa shape index (κ1) is 22.3. The molecule has 176 valence electrons. The van der Waals surface area contributed by atoms with Gasteiger partial charge in [-0.15, -0.1) is 6.42 Å². The van der Waals surface area contributed by atoms with E-state index in [1.54, 1.807) is 10.6 Å². The Morgan fingerprint density at radius 2 is 1.94 bits per heavy atom. The Labute approximate surface area is 211 Å². The van der Waals surface area contributed by atoms with Crippen molar-refractivity contribution in [2.75, 3.05) is 6.61 Å². The monoisotopic (exact) mass is 492 g/mol. The normalized spacial score (nSPS) is 16.4. The fourth-order valence-electron chi connectivity index (χ4n) is 4.94. The van der Waals surface area contributed by atoms with E-state index in [4.69, 9.17) is 16.2 Å². The number of hydrogen-bond donors (Lipinski definition) is 0. The molecule has 2 heterocycles. The minimum atomic E-state index is -0.401. The van der Waals surface area contributed by atoms with E-state index < -0.39 is 6.04 Å². The zero-order valence-electron chi connectivity index (χ0n) is 19.3. The maximum absolute atomic E-state index is 14.3.